The highest BCUT2D eigenvalue weighted by molar-refractivity contribution is 8.00. The van der Waals surface area contributed by atoms with Gasteiger partial charge in [-0.1, -0.05) is 41.9 Å². The van der Waals surface area contributed by atoms with E-state index in [0.717, 1.165) is 10.5 Å². The van der Waals surface area contributed by atoms with Gasteiger partial charge in [0.2, 0.25) is 0 Å². The fraction of sp³-hybridized carbons (Fsp3) is 0.0909. The lowest BCUT2D eigenvalue weighted by atomic mass is 10.1. The van der Waals surface area contributed by atoms with Crippen molar-refractivity contribution in [1.82, 2.24) is 0 Å². The van der Waals surface area contributed by atoms with Crippen LogP contribution in [0.3, 0.4) is 0 Å². The summed E-state index contributed by atoms with van der Waals surface area (Å²) in [5.41, 5.74) is 2.83. The normalized spacial score (nSPS) is 10.4. The molecule has 0 saturated carbocycles. The van der Waals surface area contributed by atoms with E-state index in [0.29, 0.717) is 27.6 Å². The Labute approximate surface area is 167 Å². The van der Waals surface area contributed by atoms with Crippen LogP contribution in [0.15, 0.2) is 77.7 Å². The lowest BCUT2D eigenvalue weighted by Gasteiger charge is -2.08. The van der Waals surface area contributed by atoms with E-state index < -0.39 is 0 Å². The largest absolute Gasteiger partial charge is 0.322 e. The molecule has 3 rings (SSSR count). The lowest BCUT2D eigenvalue weighted by Crippen LogP contribution is -2.13. The summed E-state index contributed by atoms with van der Waals surface area (Å²) in [6.07, 6.45) is 0. The van der Waals surface area contributed by atoms with Crippen LogP contribution in [0, 0.1) is 6.92 Å². The van der Waals surface area contributed by atoms with Gasteiger partial charge in [0.1, 0.15) is 0 Å². The van der Waals surface area contributed by atoms with Crippen molar-refractivity contribution in [2.45, 2.75) is 11.8 Å². The Hall–Kier alpha value is -2.56. The SMILES string of the molecule is Cc1ccccc1C(=O)Nc1ccc(SCC(=O)c2ccccc2Cl)cc1. The van der Waals surface area contributed by atoms with Crippen LogP contribution in [0.5, 0.6) is 0 Å². The van der Waals surface area contributed by atoms with Gasteiger partial charge in [-0.25, -0.2) is 0 Å². The lowest BCUT2D eigenvalue weighted by molar-refractivity contribution is 0.101. The van der Waals surface area contributed by atoms with E-state index in [2.05, 4.69) is 5.32 Å². The summed E-state index contributed by atoms with van der Waals surface area (Å²) in [7, 11) is 0. The van der Waals surface area contributed by atoms with Crippen LogP contribution in [0.4, 0.5) is 5.69 Å². The van der Waals surface area contributed by atoms with Crippen molar-refractivity contribution >= 4 is 40.7 Å². The Morgan fingerprint density at radius 1 is 0.889 bits per heavy atom. The zero-order valence-corrected chi connectivity index (χ0v) is 16.3. The van der Waals surface area contributed by atoms with E-state index in [1.54, 1.807) is 30.3 Å². The minimum Gasteiger partial charge on any atom is -0.322 e. The highest BCUT2D eigenvalue weighted by Gasteiger charge is 2.11. The maximum Gasteiger partial charge on any atom is 0.255 e. The number of carbonyl (C=O) groups is 2. The minimum absolute atomic E-state index is 0.0115. The summed E-state index contributed by atoms with van der Waals surface area (Å²) < 4.78 is 0. The summed E-state index contributed by atoms with van der Waals surface area (Å²) >= 11 is 7.50. The number of ketones is 1. The van der Waals surface area contributed by atoms with Crippen LogP contribution >= 0.6 is 23.4 Å². The summed E-state index contributed by atoms with van der Waals surface area (Å²) in [6, 6.07) is 21.9. The molecule has 1 amide bonds. The Bertz CT molecular complexity index is 970. The predicted molar refractivity (Wildman–Crippen MR) is 112 cm³/mol. The molecule has 0 unspecified atom stereocenters. The van der Waals surface area contributed by atoms with Crippen molar-refractivity contribution in [1.29, 1.82) is 0 Å². The number of hydrogen-bond donors (Lipinski definition) is 1. The van der Waals surface area contributed by atoms with Gasteiger partial charge >= 0.3 is 0 Å². The van der Waals surface area contributed by atoms with Crippen LogP contribution in [0.25, 0.3) is 0 Å². The van der Waals surface area contributed by atoms with Gasteiger partial charge in [-0.2, -0.15) is 0 Å². The zero-order valence-electron chi connectivity index (χ0n) is 14.7. The highest BCUT2D eigenvalue weighted by Crippen LogP contribution is 2.24. The van der Waals surface area contributed by atoms with Crippen molar-refractivity contribution < 1.29 is 9.59 Å². The van der Waals surface area contributed by atoms with E-state index in [1.165, 1.54) is 11.8 Å². The third-order valence-corrected chi connectivity index (χ3v) is 5.39. The average Bonchev–Trinajstić information content (AvgIpc) is 2.68. The van der Waals surface area contributed by atoms with Crippen molar-refractivity contribution in [3.05, 3.63) is 94.5 Å². The molecular formula is C22H18ClNO2S. The summed E-state index contributed by atoms with van der Waals surface area (Å²) in [4.78, 5) is 25.6. The standard InChI is InChI=1S/C22H18ClNO2S/c1-15-6-2-3-7-18(15)22(26)24-16-10-12-17(13-11-16)27-14-21(25)19-8-4-5-9-20(19)23/h2-13H,14H2,1H3,(H,24,26). The molecule has 0 fully saturated rings. The van der Waals surface area contributed by atoms with Crippen LogP contribution in [-0.4, -0.2) is 17.4 Å². The molecule has 0 saturated heterocycles. The fourth-order valence-corrected chi connectivity index (χ4v) is 3.60. The second-order valence-corrected chi connectivity index (χ2v) is 7.44. The molecule has 0 aliphatic carbocycles. The molecule has 1 N–H and O–H groups in total. The number of aryl methyl sites for hydroxylation is 1. The second kappa shape index (κ2) is 8.89. The monoisotopic (exact) mass is 395 g/mol. The predicted octanol–water partition coefficient (Wildman–Crippen LogP) is 5.88. The van der Waals surface area contributed by atoms with Gasteiger partial charge in [-0.15, -0.1) is 11.8 Å². The molecule has 0 aliphatic heterocycles. The fourth-order valence-electron chi connectivity index (χ4n) is 2.57. The van der Waals surface area contributed by atoms with E-state index >= 15 is 0 Å². The molecule has 136 valence electrons. The number of thioether (sulfide) groups is 1. The van der Waals surface area contributed by atoms with E-state index in [4.69, 9.17) is 11.6 Å². The topological polar surface area (TPSA) is 46.2 Å². The number of halogens is 1. The number of amides is 1. The zero-order chi connectivity index (χ0) is 19.2. The van der Waals surface area contributed by atoms with Crippen molar-refractivity contribution in [3.8, 4) is 0 Å². The quantitative estimate of drug-likeness (QED) is 0.419. The number of nitrogens with one attached hydrogen (secondary N) is 1. The molecular weight excluding hydrogens is 378 g/mol. The second-order valence-electron chi connectivity index (χ2n) is 5.99. The van der Waals surface area contributed by atoms with E-state index in [9.17, 15) is 9.59 Å². The van der Waals surface area contributed by atoms with Crippen molar-refractivity contribution in [3.63, 3.8) is 0 Å². The maximum absolute atomic E-state index is 12.4. The molecule has 0 bridgehead atoms. The molecule has 0 radical (unpaired) electrons. The van der Waals surface area contributed by atoms with Gasteiger partial charge in [-0.3, -0.25) is 9.59 Å². The summed E-state index contributed by atoms with van der Waals surface area (Å²) in [5, 5.41) is 3.36. The molecule has 27 heavy (non-hydrogen) atoms. The molecule has 3 aromatic rings. The Morgan fingerprint density at radius 3 is 2.19 bits per heavy atom. The number of carbonyl (C=O) groups excluding carboxylic acids is 2. The first-order chi connectivity index (χ1) is 13.0. The summed E-state index contributed by atoms with van der Waals surface area (Å²) in [5.74, 6) is 0.156. The molecule has 0 aliphatic rings. The van der Waals surface area contributed by atoms with Gasteiger partial charge < -0.3 is 5.32 Å². The van der Waals surface area contributed by atoms with Crippen LogP contribution < -0.4 is 5.32 Å². The average molecular weight is 396 g/mol. The van der Waals surface area contributed by atoms with Gasteiger partial charge in [0.05, 0.1) is 10.8 Å². The number of rotatable bonds is 6. The maximum atomic E-state index is 12.4. The number of anilines is 1. The van der Waals surface area contributed by atoms with Crippen LogP contribution in [-0.2, 0) is 0 Å². The molecule has 3 nitrogen and oxygen atoms in total. The Kier molecular flexibility index (Phi) is 6.32. The first-order valence-corrected chi connectivity index (χ1v) is 9.78. The number of hydrogen-bond acceptors (Lipinski definition) is 3. The molecule has 0 heterocycles. The highest BCUT2D eigenvalue weighted by atomic mass is 35.5. The number of benzene rings is 3. The third-order valence-electron chi connectivity index (χ3n) is 4.05. The molecule has 0 aromatic heterocycles. The van der Waals surface area contributed by atoms with Gasteiger partial charge in [0, 0.05) is 21.7 Å². The summed E-state index contributed by atoms with van der Waals surface area (Å²) in [6.45, 7) is 1.91. The van der Waals surface area contributed by atoms with Gasteiger partial charge in [0.15, 0.2) is 5.78 Å². The van der Waals surface area contributed by atoms with Gasteiger partial charge in [0.25, 0.3) is 5.91 Å². The van der Waals surface area contributed by atoms with Gasteiger partial charge in [-0.05, 0) is 55.0 Å². The van der Waals surface area contributed by atoms with Crippen molar-refractivity contribution in [2.75, 3.05) is 11.1 Å². The molecule has 5 heteroatoms. The molecule has 3 aromatic carbocycles. The number of Topliss-reactive ketones (excluding diaryl/α,β-unsaturated/α-hetero) is 1. The van der Waals surface area contributed by atoms with Crippen molar-refractivity contribution in [2.24, 2.45) is 0 Å². The Morgan fingerprint density at radius 2 is 1.52 bits per heavy atom. The molecule has 0 spiro atoms. The van der Waals surface area contributed by atoms with Crippen LogP contribution in [0.1, 0.15) is 26.3 Å². The van der Waals surface area contributed by atoms with Crippen LogP contribution in [0.2, 0.25) is 5.02 Å². The Balaban J connectivity index is 1.59. The third kappa shape index (κ3) is 5.00. The minimum atomic E-state index is -0.137. The van der Waals surface area contributed by atoms with E-state index in [-0.39, 0.29) is 11.7 Å². The molecule has 0 atom stereocenters. The van der Waals surface area contributed by atoms with E-state index in [1.807, 2.05) is 49.4 Å². The first kappa shape index (κ1) is 19.2. The first-order valence-electron chi connectivity index (χ1n) is 8.42. The smallest absolute Gasteiger partial charge is 0.255 e.